The van der Waals surface area contributed by atoms with Gasteiger partial charge in [-0.2, -0.15) is 0 Å². The maximum Gasteiger partial charge on any atom is 0.227 e. The first kappa shape index (κ1) is 28.4. The first-order chi connectivity index (χ1) is 19.9. The summed E-state index contributed by atoms with van der Waals surface area (Å²) in [6, 6.07) is 20.4. The predicted octanol–water partition coefficient (Wildman–Crippen LogP) is 7.20. The van der Waals surface area contributed by atoms with Crippen LogP contribution in [0.1, 0.15) is 47.4 Å². The number of aryl methyl sites for hydroxylation is 1. The molecule has 0 radical (unpaired) electrons. The maximum atomic E-state index is 14.4. The fourth-order valence-corrected chi connectivity index (χ4v) is 7.27. The Morgan fingerprint density at radius 3 is 2.37 bits per heavy atom. The normalized spacial score (nSPS) is 23.3. The zero-order chi connectivity index (χ0) is 28.5. The highest BCUT2D eigenvalue weighted by Gasteiger charge is 2.51. The number of ether oxygens (including phenoxy) is 2. The summed E-state index contributed by atoms with van der Waals surface area (Å²) in [5.74, 6) is 2.74. The molecule has 216 valence electrons. The molecule has 41 heavy (non-hydrogen) atoms. The molecule has 5 nitrogen and oxygen atoms in total. The second kappa shape index (κ2) is 12.2. The molecule has 1 heterocycles. The summed E-state index contributed by atoms with van der Waals surface area (Å²) in [4.78, 5) is 16.6. The molecule has 3 aromatic carbocycles. The number of nitrogens with zero attached hydrogens (tertiary/aromatic N) is 1. The zero-order valence-electron chi connectivity index (χ0n) is 23.7. The predicted molar refractivity (Wildman–Crippen MR) is 164 cm³/mol. The molecule has 1 N–H and O–H groups in total. The van der Waals surface area contributed by atoms with Crippen LogP contribution in [-0.2, 0) is 11.3 Å². The molecular formula is C34H38Cl2N2O3. The van der Waals surface area contributed by atoms with Crippen molar-refractivity contribution in [1.82, 2.24) is 10.2 Å². The molecular weight excluding hydrogens is 555 g/mol. The molecule has 2 saturated carbocycles. The third-order valence-electron chi connectivity index (χ3n) is 9.28. The highest BCUT2D eigenvalue weighted by Crippen LogP contribution is 2.50. The number of hydrogen-bond acceptors (Lipinski definition) is 4. The lowest BCUT2D eigenvalue weighted by molar-refractivity contribution is -0.138. The molecule has 0 spiro atoms. The quantitative estimate of drug-likeness (QED) is 0.253. The van der Waals surface area contributed by atoms with Gasteiger partial charge in [0, 0.05) is 18.5 Å². The van der Waals surface area contributed by atoms with Crippen LogP contribution in [0.15, 0.2) is 60.7 Å². The van der Waals surface area contributed by atoms with E-state index in [1.807, 2.05) is 12.1 Å². The van der Waals surface area contributed by atoms with Gasteiger partial charge in [-0.3, -0.25) is 4.79 Å². The monoisotopic (exact) mass is 592 g/mol. The number of carbonyl (C=O) groups excluding carboxylic acids is 1. The van der Waals surface area contributed by atoms with Gasteiger partial charge in [-0.25, -0.2) is 0 Å². The van der Waals surface area contributed by atoms with E-state index in [-0.39, 0.29) is 11.8 Å². The molecule has 6 rings (SSSR count). The van der Waals surface area contributed by atoms with Gasteiger partial charge in [0.05, 0.1) is 10.0 Å². The van der Waals surface area contributed by atoms with Crippen molar-refractivity contribution in [3.05, 3.63) is 93.0 Å². The van der Waals surface area contributed by atoms with Crippen LogP contribution in [-0.4, -0.2) is 43.2 Å². The van der Waals surface area contributed by atoms with Crippen LogP contribution in [0.3, 0.4) is 0 Å². The van der Waals surface area contributed by atoms with E-state index in [1.165, 1.54) is 22.3 Å². The summed E-state index contributed by atoms with van der Waals surface area (Å²) in [6.45, 7) is 7.67. The van der Waals surface area contributed by atoms with Crippen LogP contribution in [0.2, 0.25) is 10.0 Å². The second-order valence-corrected chi connectivity index (χ2v) is 12.6. The van der Waals surface area contributed by atoms with E-state index in [0.717, 1.165) is 38.1 Å². The molecule has 3 fully saturated rings. The Balaban J connectivity index is 1.14. The standard InChI is InChI=1S/C34H38Cl2N2O3/c1-21-5-3-6-24(22(21)2)20-38(26-11-12-26)34(39)32-28(17-25-18-37-19-29(25)32)23-9-13-27(14-10-23)40-15-16-41-33-30(35)7-4-8-31(33)36/h3-10,13-14,25-26,28-29,32,37H,11-12,15-20H2,1-2H3/t25-,28+,29+,32+/m1/s1. The number of rotatable bonds is 10. The lowest BCUT2D eigenvalue weighted by Gasteiger charge is -2.32. The van der Waals surface area contributed by atoms with Gasteiger partial charge < -0.3 is 19.7 Å². The molecule has 0 unspecified atom stereocenters. The number of benzene rings is 3. The van der Waals surface area contributed by atoms with Gasteiger partial charge in [0.1, 0.15) is 19.0 Å². The third-order valence-corrected chi connectivity index (χ3v) is 9.88. The smallest absolute Gasteiger partial charge is 0.227 e. The molecule has 3 aliphatic rings. The third kappa shape index (κ3) is 6.09. The summed E-state index contributed by atoms with van der Waals surface area (Å²) in [7, 11) is 0. The Bertz CT molecular complexity index is 1370. The Hall–Kier alpha value is -2.73. The number of amides is 1. The van der Waals surface area contributed by atoms with E-state index in [4.69, 9.17) is 32.7 Å². The Kier molecular flexibility index (Phi) is 8.48. The molecule has 7 heteroatoms. The summed E-state index contributed by atoms with van der Waals surface area (Å²) in [6.07, 6.45) is 3.26. The number of para-hydroxylation sites is 1. The van der Waals surface area contributed by atoms with Crippen LogP contribution in [0.4, 0.5) is 0 Å². The summed E-state index contributed by atoms with van der Waals surface area (Å²) in [5, 5.41) is 4.53. The van der Waals surface area contributed by atoms with Gasteiger partial charge in [-0.1, -0.05) is 59.6 Å². The van der Waals surface area contributed by atoms with E-state index >= 15 is 0 Å². The van der Waals surface area contributed by atoms with Crippen molar-refractivity contribution in [3.8, 4) is 11.5 Å². The van der Waals surface area contributed by atoms with E-state index < -0.39 is 0 Å². The van der Waals surface area contributed by atoms with Gasteiger partial charge >= 0.3 is 0 Å². The van der Waals surface area contributed by atoms with Crippen molar-refractivity contribution in [2.24, 2.45) is 17.8 Å². The topological polar surface area (TPSA) is 50.8 Å². The van der Waals surface area contributed by atoms with Gasteiger partial charge in [-0.05, 0) is 110 Å². The molecule has 4 atom stereocenters. The van der Waals surface area contributed by atoms with Crippen LogP contribution < -0.4 is 14.8 Å². The molecule has 3 aromatic rings. The number of halogens is 2. The number of carbonyl (C=O) groups is 1. The average molecular weight is 594 g/mol. The van der Waals surface area contributed by atoms with E-state index in [2.05, 4.69) is 54.4 Å². The van der Waals surface area contributed by atoms with Gasteiger partial charge in [0.25, 0.3) is 0 Å². The highest BCUT2D eigenvalue weighted by molar-refractivity contribution is 6.37. The minimum Gasteiger partial charge on any atom is -0.490 e. The Labute approximate surface area is 253 Å². The second-order valence-electron chi connectivity index (χ2n) is 11.8. The molecule has 0 bridgehead atoms. The van der Waals surface area contributed by atoms with Crippen molar-refractivity contribution < 1.29 is 14.3 Å². The molecule has 1 saturated heterocycles. The van der Waals surface area contributed by atoms with Crippen molar-refractivity contribution in [1.29, 1.82) is 0 Å². The van der Waals surface area contributed by atoms with E-state index in [9.17, 15) is 4.79 Å². The van der Waals surface area contributed by atoms with Crippen LogP contribution in [0, 0.1) is 31.6 Å². The zero-order valence-corrected chi connectivity index (χ0v) is 25.3. The summed E-state index contributed by atoms with van der Waals surface area (Å²) in [5.41, 5.74) is 5.08. The first-order valence-corrected chi connectivity index (χ1v) is 15.5. The highest BCUT2D eigenvalue weighted by atomic mass is 35.5. The fourth-order valence-electron chi connectivity index (χ4n) is 6.77. The van der Waals surface area contributed by atoms with Crippen molar-refractivity contribution >= 4 is 29.1 Å². The Morgan fingerprint density at radius 2 is 1.63 bits per heavy atom. The summed E-state index contributed by atoms with van der Waals surface area (Å²) < 4.78 is 11.7. The number of fused-ring (bicyclic) bond motifs is 1. The number of hydrogen-bond donors (Lipinski definition) is 1. The lowest BCUT2D eigenvalue weighted by atomic mass is 9.83. The van der Waals surface area contributed by atoms with E-state index in [0.29, 0.717) is 59.3 Å². The van der Waals surface area contributed by atoms with E-state index in [1.54, 1.807) is 18.2 Å². The Morgan fingerprint density at radius 1 is 0.927 bits per heavy atom. The summed E-state index contributed by atoms with van der Waals surface area (Å²) >= 11 is 12.4. The molecule has 0 aromatic heterocycles. The fraction of sp³-hybridized carbons (Fsp3) is 0.441. The first-order valence-electron chi connectivity index (χ1n) is 14.8. The van der Waals surface area contributed by atoms with Crippen LogP contribution >= 0.6 is 23.2 Å². The van der Waals surface area contributed by atoms with Gasteiger partial charge in [0.2, 0.25) is 5.91 Å². The minimum atomic E-state index is 0.00116. The van der Waals surface area contributed by atoms with Crippen molar-refractivity contribution in [2.45, 2.75) is 51.6 Å². The lowest BCUT2D eigenvalue weighted by Crippen LogP contribution is -2.41. The molecule has 2 aliphatic carbocycles. The minimum absolute atomic E-state index is 0.00116. The average Bonchev–Trinajstić information content (AvgIpc) is 3.59. The maximum absolute atomic E-state index is 14.4. The van der Waals surface area contributed by atoms with Crippen LogP contribution in [0.25, 0.3) is 0 Å². The van der Waals surface area contributed by atoms with Gasteiger partial charge in [-0.15, -0.1) is 0 Å². The molecule has 1 amide bonds. The molecule has 1 aliphatic heterocycles. The van der Waals surface area contributed by atoms with Crippen molar-refractivity contribution in [3.63, 3.8) is 0 Å². The van der Waals surface area contributed by atoms with Gasteiger partial charge in [0.15, 0.2) is 5.75 Å². The largest absolute Gasteiger partial charge is 0.490 e. The SMILES string of the molecule is Cc1cccc(CN(C(=O)[C@@H]2[C@H]3CNC[C@H]3C[C@H]2c2ccc(OCCOc3c(Cl)cccc3Cl)cc2)C2CC2)c1C. The van der Waals surface area contributed by atoms with Crippen LogP contribution in [0.5, 0.6) is 11.5 Å². The van der Waals surface area contributed by atoms with Crippen molar-refractivity contribution in [2.75, 3.05) is 26.3 Å². The number of nitrogens with one attached hydrogen (secondary N) is 1.